The Kier molecular flexibility index (Phi) is 5.45. The second-order valence-corrected chi connectivity index (χ2v) is 5.64. The molecule has 0 aromatic heterocycles. The molecule has 0 spiro atoms. The molecule has 0 bridgehead atoms. The second kappa shape index (κ2) is 7.11. The smallest absolute Gasteiger partial charge is 0.166 e. The molecule has 2 unspecified atom stereocenters. The molecule has 1 aliphatic rings. The average Bonchev–Trinajstić information content (AvgIpc) is 2.88. The van der Waals surface area contributed by atoms with Crippen LogP contribution in [-0.2, 0) is 11.3 Å². The van der Waals surface area contributed by atoms with Gasteiger partial charge in [0.1, 0.15) is 0 Å². The number of benzene rings is 1. The predicted octanol–water partition coefficient (Wildman–Crippen LogP) is 1.80. The summed E-state index contributed by atoms with van der Waals surface area (Å²) in [5.74, 6) is 2.06. The third kappa shape index (κ3) is 3.31. The van der Waals surface area contributed by atoms with Crippen molar-refractivity contribution in [3.05, 3.63) is 23.3 Å². The molecule has 118 valence electrons. The molecule has 1 heterocycles. The Morgan fingerprint density at radius 2 is 2.00 bits per heavy atom. The van der Waals surface area contributed by atoms with Gasteiger partial charge in [-0.3, -0.25) is 4.90 Å². The first kappa shape index (κ1) is 16.1. The summed E-state index contributed by atoms with van der Waals surface area (Å²) in [4.78, 5) is 2.36. The molecule has 0 saturated carbocycles. The summed E-state index contributed by atoms with van der Waals surface area (Å²) in [5.41, 5.74) is 8.07. The zero-order chi connectivity index (χ0) is 15.4. The molecule has 0 amide bonds. The molecular formula is C16H26N2O3. The van der Waals surface area contributed by atoms with E-state index < -0.39 is 0 Å². The normalized spacial score (nSPS) is 22.5. The number of nitrogens with zero attached hydrogens (tertiary/aromatic N) is 1. The quantitative estimate of drug-likeness (QED) is 0.867. The van der Waals surface area contributed by atoms with Crippen molar-refractivity contribution in [2.45, 2.75) is 19.1 Å². The number of hydrogen-bond acceptors (Lipinski definition) is 5. The first-order chi connectivity index (χ1) is 10.1. The number of likely N-dealkylation sites (tertiary alicyclic amines) is 1. The second-order valence-electron chi connectivity index (χ2n) is 5.64. The highest BCUT2D eigenvalue weighted by Crippen LogP contribution is 2.40. The molecule has 0 aliphatic carbocycles. The van der Waals surface area contributed by atoms with E-state index in [0.717, 1.165) is 36.6 Å². The molecule has 21 heavy (non-hydrogen) atoms. The predicted molar refractivity (Wildman–Crippen MR) is 82.8 cm³/mol. The van der Waals surface area contributed by atoms with Crippen LogP contribution < -0.4 is 15.2 Å². The Labute approximate surface area is 127 Å². The number of ether oxygens (including phenoxy) is 3. The highest BCUT2D eigenvalue weighted by Gasteiger charge is 2.30. The minimum Gasteiger partial charge on any atom is -0.493 e. The van der Waals surface area contributed by atoms with Gasteiger partial charge in [0.25, 0.3) is 0 Å². The maximum absolute atomic E-state index is 5.82. The maximum Gasteiger partial charge on any atom is 0.166 e. The Morgan fingerprint density at radius 3 is 2.52 bits per heavy atom. The number of nitrogens with two attached hydrogens (primary N) is 1. The van der Waals surface area contributed by atoms with E-state index >= 15 is 0 Å². The fourth-order valence-corrected chi connectivity index (χ4v) is 3.19. The lowest BCUT2D eigenvalue weighted by atomic mass is 9.97. The van der Waals surface area contributed by atoms with Crippen molar-refractivity contribution in [1.82, 2.24) is 4.90 Å². The summed E-state index contributed by atoms with van der Waals surface area (Å²) in [6.07, 6.45) is 1.08. The molecule has 1 aromatic rings. The molecule has 5 heteroatoms. The van der Waals surface area contributed by atoms with Crippen LogP contribution in [0.15, 0.2) is 12.1 Å². The van der Waals surface area contributed by atoms with E-state index in [9.17, 15) is 0 Å². The molecule has 5 nitrogen and oxygen atoms in total. The fraction of sp³-hybridized carbons (Fsp3) is 0.625. The van der Waals surface area contributed by atoms with Gasteiger partial charge in [0.2, 0.25) is 0 Å². The van der Waals surface area contributed by atoms with E-state index in [1.54, 1.807) is 21.3 Å². The van der Waals surface area contributed by atoms with Crippen molar-refractivity contribution in [2.24, 2.45) is 11.7 Å². The zero-order valence-corrected chi connectivity index (χ0v) is 13.4. The number of hydrogen-bond donors (Lipinski definition) is 1. The van der Waals surface area contributed by atoms with Crippen molar-refractivity contribution >= 4 is 0 Å². The van der Waals surface area contributed by atoms with Crippen molar-refractivity contribution in [1.29, 1.82) is 0 Å². The van der Waals surface area contributed by atoms with E-state index in [1.165, 1.54) is 5.56 Å². The molecule has 1 saturated heterocycles. The van der Waals surface area contributed by atoms with Crippen molar-refractivity contribution in [3.63, 3.8) is 0 Å². The van der Waals surface area contributed by atoms with Crippen LogP contribution in [-0.4, -0.2) is 46.4 Å². The molecule has 2 N–H and O–H groups in total. The molecular weight excluding hydrogens is 268 g/mol. The van der Waals surface area contributed by atoms with Gasteiger partial charge in [-0.15, -0.1) is 0 Å². The number of methoxy groups -OCH3 is 3. The van der Waals surface area contributed by atoms with Gasteiger partial charge in [0.05, 0.1) is 20.8 Å². The third-order valence-corrected chi connectivity index (χ3v) is 4.23. The largest absolute Gasteiger partial charge is 0.493 e. The maximum atomic E-state index is 5.82. The average molecular weight is 294 g/mol. The van der Waals surface area contributed by atoms with Gasteiger partial charge >= 0.3 is 0 Å². The summed E-state index contributed by atoms with van der Waals surface area (Å²) in [5, 5.41) is 0. The minimum absolute atomic E-state index is 0.369. The molecule has 1 fully saturated rings. The van der Waals surface area contributed by atoms with Gasteiger partial charge < -0.3 is 19.9 Å². The van der Waals surface area contributed by atoms with E-state index in [2.05, 4.69) is 24.1 Å². The monoisotopic (exact) mass is 294 g/mol. The van der Waals surface area contributed by atoms with Gasteiger partial charge in [-0.1, -0.05) is 0 Å². The van der Waals surface area contributed by atoms with Gasteiger partial charge in [-0.25, -0.2) is 0 Å². The Morgan fingerprint density at radius 1 is 1.24 bits per heavy atom. The van der Waals surface area contributed by atoms with Crippen LogP contribution in [0.25, 0.3) is 0 Å². The minimum atomic E-state index is 0.369. The first-order valence-electron chi connectivity index (χ1n) is 7.28. The van der Waals surface area contributed by atoms with E-state index in [1.807, 2.05) is 0 Å². The van der Waals surface area contributed by atoms with Crippen molar-refractivity contribution in [2.75, 3.05) is 41.5 Å². The van der Waals surface area contributed by atoms with E-state index in [4.69, 9.17) is 19.9 Å². The molecule has 2 rings (SSSR count). The van der Waals surface area contributed by atoms with Crippen LogP contribution in [0.5, 0.6) is 11.5 Å². The Balaban J connectivity index is 2.37. The summed E-state index contributed by atoms with van der Waals surface area (Å²) in [7, 11) is 7.15. The molecule has 0 radical (unpaired) electrons. The third-order valence-electron chi connectivity index (χ3n) is 4.23. The van der Waals surface area contributed by atoms with Gasteiger partial charge in [0.15, 0.2) is 11.5 Å². The lowest BCUT2D eigenvalue weighted by Crippen LogP contribution is -2.20. The van der Waals surface area contributed by atoms with E-state index in [-0.39, 0.29) is 0 Å². The number of rotatable bonds is 6. The van der Waals surface area contributed by atoms with E-state index in [0.29, 0.717) is 18.6 Å². The van der Waals surface area contributed by atoms with Crippen LogP contribution >= 0.6 is 0 Å². The molecule has 1 aliphatic heterocycles. The van der Waals surface area contributed by atoms with Crippen molar-refractivity contribution < 1.29 is 14.2 Å². The lowest BCUT2D eigenvalue weighted by Gasteiger charge is -2.22. The summed E-state index contributed by atoms with van der Waals surface area (Å²) in [6.45, 7) is 2.28. The first-order valence-corrected chi connectivity index (χ1v) is 7.28. The van der Waals surface area contributed by atoms with Crippen LogP contribution in [0.3, 0.4) is 0 Å². The highest BCUT2D eigenvalue weighted by atomic mass is 16.5. The van der Waals surface area contributed by atoms with Gasteiger partial charge in [0, 0.05) is 25.3 Å². The van der Waals surface area contributed by atoms with Crippen LogP contribution in [0, 0.1) is 5.92 Å². The van der Waals surface area contributed by atoms with Gasteiger partial charge in [-0.2, -0.15) is 0 Å². The standard InChI is InChI=1S/C16H26N2O3/c1-18-9-11(8-17)5-14(18)12-6-13(10-19-2)16(21-4)15(7-12)20-3/h6-7,11,14H,5,8-10,17H2,1-4H3. The van der Waals surface area contributed by atoms with Crippen LogP contribution in [0.4, 0.5) is 0 Å². The topological polar surface area (TPSA) is 57.0 Å². The molecule has 2 atom stereocenters. The SMILES string of the molecule is COCc1cc(C2CC(CN)CN2C)cc(OC)c1OC. The fourth-order valence-electron chi connectivity index (χ4n) is 3.19. The summed E-state index contributed by atoms with van der Waals surface area (Å²) < 4.78 is 16.2. The lowest BCUT2D eigenvalue weighted by molar-refractivity contribution is 0.180. The van der Waals surface area contributed by atoms with Crippen molar-refractivity contribution in [3.8, 4) is 11.5 Å². The summed E-state index contributed by atoms with van der Waals surface area (Å²) in [6, 6.07) is 4.59. The molecule has 1 aromatic carbocycles. The Bertz CT molecular complexity index is 479. The Hall–Kier alpha value is -1.30. The summed E-state index contributed by atoms with van der Waals surface area (Å²) >= 11 is 0. The zero-order valence-electron chi connectivity index (χ0n) is 13.4. The van der Waals surface area contributed by atoms with Crippen LogP contribution in [0.1, 0.15) is 23.6 Å². The highest BCUT2D eigenvalue weighted by molar-refractivity contribution is 5.50. The van der Waals surface area contributed by atoms with Gasteiger partial charge in [-0.05, 0) is 43.6 Å². The van der Waals surface area contributed by atoms with Crippen LogP contribution in [0.2, 0.25) is 0 Å².